The number of benzene rings is 3. The van der Waals surface area contributed by atoms with Crippen LogP contribution in [-0.2, 0) is 9.53 Å². The summed E-state index contributed by atoms with van der Waals surface area (Å²) in [4.78, 5) is 16.9. The Balaban J connectivity index is 1.61. The van der Waals surface area contributed by atoms with E-state index in [4.69, 9.17) is 14.2 Å². The molecule has 0 amide bonds. The van der Waals surface area contributed by atoms with Gasteiger partial charge >= 0.3 is 5.97 Å². The van der Waals surface area contributed by atoms with Crippen molar-refractivity contribution in [3.05, 3.63) is 99.8 Å². The molecule has 0 fully saturated rings. The van der Waals surface area contributed by atoms with E-state index in [-0.39, 0.29) is 11.6 Å². The maximum absolute atomic E-state index is 12.5. The lowest BCUT2D eigenvalue weighted by atomic mass is 10.0. The van der Waals surface area contributed by atoms with Gasteiger partial charge in [-0.2, -0.15) is 0 Å². The smallest absolute Gasteiger partial charge is 0.363 e. The Labute approximate surface area is 206 Å². The molecule has 0 aliphatic carbocycles. The van der Waals surface area contributed by atoms with Gasteiger partial charge in [-0.3, -0.25) is 0 Å². The topological polar surface area (TPSA) is 57.1 Å². The highest BCUT2D eigenvalue weighted by Crippen LogP contribution is 2.35. The molecular weight excluding hydrogens is 529 g/mol. The van der Waals surface area contributed by atoms with Crippen LogP contribution in [0.3, 0.4) is 0 Å². The molecule has 1 aliphatic heterocycles. The van der Waals surface area contributed by atoms with Crippen LogP contribution in [0.25, 0.3) is 17.2 Å². The zero-order chi connectivity index (χ0) is 23.2. The molecule has 0 spiro atoms. The van der Waals surface area contributed by atoms with Gasteiger partial charge in [-0.25, -0.2) is 9.79 Å². The lowest BCUT2D eigenvalue weighted by molar-refractivity contribution is -0.129. The van der Waals surface area contributed by atoms with Crippen molar-refractivity contribution in [2.45, 2.75) is 6.92 Å². The van der Waals surface area contributed by atoms with Crippen LogP contribution in [0.4, 0.5) is 0 Å². The second kappa shape index (κ2) is 10.5. The first-order valence-corrected chi connectivity index (χ1v) is 11.6. The van der Waals surface area contributed by atoms with E-state index in [0.29, 0.717) is 24.7 Å². The Bertz CT molecular complexity index is 1230. The highest BCUT2D eigenvalue weighted by Gasteiger charge is 2.24. The van der Waals surface area contributed by atoms with Gasteiger partial charge in [0.05, 0.1) is 10.2 Å². The highest BCUT2D eigenvalue weighted by molar-refractivity contribution is 14.1. The number of hydrogen-bond donors (Lipinski definition) is 0. The van der Waals surface area contributed by atoms with E-state index in [1.165, 1.54) is 0 Å². The summed E-state index contributed by atoms with van der Waals surface area (Å²) in [6.45, 7) is 6.45. The number of esters is 1. The maximum atomic E-state index is 12.5. The summed E-state index contributed by atoms with van der Waals surface area (Å²) >= 11 is 2.18. The van der Waals surface area contributed by atoms with Crippen molar-refractivity contribution < 1.29 is 19.0 Å². The highest BCUT2D eigenvalue weighted by atomic mass is 127. The number of carbonyl (C=O) groups excluding carboxylic acids is 1. The molecule has 1 aliphatic rings. The molecule has 5 nitrogen and oxygen atoms in total. The van der Waals surface area contributed by atoms with Gasteiger partial charge in [0.1, 0.15) is 6.61 Å². The Morgan fingerprint density at radius 1 is 1.00 bits per heavy atom. The van der Waals surface area contributed by atoms with Crippen molar-refractivity contribution in [3.8, 4) is 22.6 Å². The zero-order valence-electron chi connectivity index (χ0n) is 18.1. The first-order chi connectivity index (χ1) is 16.1. The lowest BCUT2D eigenvalue weighted by Gasteiger charge is -2.13. The standard InChI is InChI=1S/C27H22INO4/c1-3-14-32-25-22(28)15-18(17-24(25)31-4-2)16-23-27(30)33-26(29-23)21-12-10-20(11-13-21)19-8-6-5-7-9-19/h3,5-13,15-17H,1,4,14H2,2H3/b23-16-. The van der Waals surface area contributed by atoms with Gasteiger partial charge in [-0.1, -0.05) is 55.1 Å². The largest absolute Gasteiger partial charge is 0.490 e. The molecule has 166 valence electrons. The Kier molecular flexibility index (Phi) is 7.24. The predicted molar refractivity (Wildman–Crippen MR) is 139 cm³/mol. The SMILES string of the molecule is C=CCOc1c(I)cc(/C=C2\N=C(c3ccc(-c4ccccc4)cc3)OC2=O)cc1OCC. The molecule has 3 aromatic carbocycles. The van der Waals surface area contributed by atoms with Crippen LogP contribution < -0.4 is 9.47 Å². The Morgan fingerprint density at radius 3 is 2.39 bits per heavy atom. The molecule has 0 bridgehead atoms. The van der Waals surface area contributed by atoms with E-state index in [0.717, 1.165) is 25.8 Å². The average Bonchev–Trinajstić information content (AvgIpc) is 3.19. The molecule has 0 unspecified atom stereocenters. The number of ether oxygens (including phenoxy) is 3. The van der Waals surface area contributed by atoms with Gasteiger partial charge in [0, 0.05) is 5.56 Å². The minimum absolute atomic E-state index is 0.232. The maximum Gasteiger partial charge on any atom is 0.363 e. The molecule has 1 heterocycles. The van der Waals surface area contributed by atoms with Gasteiger partial charge in [0.25, 0.3) is 0 Å². The minimum Gasteiger partial charge on any atom is -0.490 e. The van der Waals surface area contributed by atoms with Crippen LogP contribution in [-0.4, -0.2) is 25.1 Å². The third kappa shape index (κ3) is 5.34. The van der Waals surface area contributed by atoms with Crippen LogP contribution in [0.1, 0.15) is 18.1 Å². The van der Waals surface area contributed by atoms with Gasteiger partial charge in [-0.15, -0.1) is 0 Å². The number of hydrogen-bond acceptors (Lipinski definition) is 5. The number of aliphatic imine (C=N–C) groups is 1. The van der Waals surface area contributed by atoms with Gasteiger partial charge < -0.3 is 14.2 Å². The van der Waals surface area contributed by atoms with Crippen LogP contribution in [0.2, 0.25) is 0 Å². The molecular formula is C27H22INO4. The van der Waals surface area contributed by atoms with Gasteiger partial charge in [0.2, 0.25) is 5.90 Å². The van der Waals surface area contributed by atoms with Crippen molar-refractivity contribution in [1.82, 2.24) is 0 Å². The van der Waals surface area contributed by atoms with Crippen molar-refractivity contribution >= 4 is 40.5 Å². The summed E-state index contributed by atoms with van der Waals surface area (Å²) < 4.78 is 17.8. The van der Waals surface area contributed by atoms with E-state index >= 15 is 0 Å². The van der Waals surface area contributed by atoms with Crippen molar-refractivity contribution in [2.75, 3.05) is 13.2 Å². The quantitative estimate of drug-likeness (QED) is 0.144. The molecule has 0 saturated carbocycles. The molecule has 33 heavy (non-hydrogen) atoms. The molecule has 0 atom stereocenters. The molecule has 3 aromatic rings. The Hall–Kier alpha value is -3.39. The fraction of sp³-hybridized carbons (Fsp3) is 0.111. The summed E-state index contributed by atoms with van der Waals surface area (Å²) in [5.41, 5.74) is 3.94. The van der Waals surface area contributed by atoms with E-state index in [9.17, 15) is 4.79 Å². The number of carbonyl (C=O) groups is 1. The van der Waals surface area contributed by atoms with Crippen molar-refractivity contribution in [2.24, 2.45) is 4.99 Å². The molecule has 0 saturated heterocycles. The third-order valence-electron chi connectivity index (χ3n) is 4.84. The van der Waals surface area contributed by atoms with Crippen molar-refractivity contribution in [1.29, 1.82) is 0 Å². The predicted octanol–water partition coefficient (Wildman–Crippen LogP) is 6.27. The van der Waals surface area contributed by atoms with Crippen molar-refractivity contribution in [3.63, 3.8) is 0 Å². The molecule has 0 N–H and O–H groups in total. The van der Waals surface area contributed by atoms with E-state index in [1.54, 1.807) is 12.2 Å². The van der Waals surface area contributed by atoms with E-state index < -0.39 is 5.97 Å². The zero-order valence-corrected chi connectivity index (χ0v) is 20.2. The summed E-state index contributed by atoms with van der Waals surface area (Å²) in [6, 6.07) is 21.6. The summed E-state index contributed by atoms with van der Waals surface area (Å²) in [7, 11) is 0. The first kappa shape index (κ1) is 22.8. The summed E-state index contributed by atoms with van der Waals surface area (Å²) in [6.07, 6.45) is 3.37. The van der Waals surface area contributed by atoms with Crippen LogP contribution in [0.15, 0.2) is 90.1 Å². The second-order valence-corrected chi connectivity index (χ2v) is 8.30. The summed E-state index contributed by atoms with van der Waals surface area (Å²) in [5, 5.41) is 0. The second-order valence-electron chi connectivity index (χ2n) is 7.14. The lowest BCUT2D eigenvalue weighted by Crippen LogP contribution is -2.05. The van der Waals surface area contributed by atoms with E-state index in [1.807, 2.05) is 61.5 Å². The first-order valence-electron chi connectivity index (χ1n) is 10.5. The number of nitrogens with zero attached hydrogens (tertiary/aromatic N) is 1. The van der Waals surface area contributed by atoms with Crippen LogP contribution in [0.5, 0.6) is 11.5 Å². The van der Waals surface area contributed by atoms with Gasteiger partial charge in [0.15, 0.2) is 17.2 Å². The molecule has 0 radical (unpaired) electrons. The molecule has 4 rings (SSSR count). The minimum atomic E-state index is -0.489. The van der Waals surface area contributed by atoms with Crippen LogP contribution in [0, 0.1) is 3.57 Å². The number of rotatable bonds is 8. The van der Waals surface area contributed by atoms with E-state index in [2.05, 4.69) is 46.3 Å². The third-order valence-corrected chi connectivity index (χ3v) is 5.64. The molecule has 6 heteroatoms. The molecule has 0 aromatic heterocycles. The number of cyclic esters (lactones) is 1. The normalized spacial score (nSPS) is 14.1. The Morgan fingerprint density at radius 2 is 1.70 bits per heavy atom. The van der Waals surface area contributed by atoms with Crippen LogP contribution >= 0.6 is 22.6 Å². The average molecular weight is 551 g/mol. The monoisotopic (exact) mass is 551 g/mol. The number of halogens is 1. The summed E-state index contributed by atoms with van der Waals surface area (Å²) in [5.74, 6) is 1.05. The fourth-order valence-corrected chi connectivity index (χ4v) is 4.12. The fourth-order valence-electron chi connectivity index (χ4n) is 3.34. The van der Waals surface area contributed by atoms with Gasteiger partial charge in [-0.05, 0) is 76.5 Å².